The summed E-state index contributed by atoms with van der Waals surface area (Å²) in [5.74, 6) is 1.65. The molecule has 110 valence electrons. The van der Waals surface area contributed by atoms with Crippen molar-refractivity contribution in [2.24, 2.45) is 5.92 Å². The molecule has 1 atom stereocenters. The molecule has 2 aromatic heterocycles. The van der Waals surface area contributed by atoms with Gasteiger partial charge in [-0.3, -0.25) is 0 Å². The van der Waals surface area contributed by atoms with Gasteiger partial charge >= 0.3 is 0 Å². The SMILES string of the molecule is Cc1nc2c(cc(OCC3CCCNC3)c3ccsc32)s1. The zero-order valence-electron chi connectivity index (χ0n) is 12.0. The third-order valence-electron chi connectivity index (χ3n) is 4.04. The van der Waals surface area contributed by atoms with Crippen LogP contribution in [0.3, 0.4) is 0 Å². The Labute approximate surface area is 132 Å². The molecule has 0 bridgehead atoms. The van der Waals surface area contributed by atoms with Gasteiger partial charge in [-0.2, -0.15) is 0 Å². The van der Waals surface area contributed by atoms with Gasteiger partial charge in [0.05, 0.1) is 26.5 Å². The maximum Gasteiger partial charge on any atom is 0.129 e. The van der Waals surface area contributed by atoms with Crippen LogP contribution in [0.1, 0.15) is 17.8 Å². The molecule has 1 saturated heterocycles. The highest BCUT2D eigenvalue weighted by Gasteiger charge is 2.16. The molecule has 1 unspecified atom stereocenters. The van der Waals surface area contributed by atoms with Crippen LogP contribution in [-0.4, -0.2) is 24.7 Å². The summed E-state index contributed by atoms with van der Waals surface area (Å²) in [5, 5.41) is 7.91. The number of ether oxygens (including phenoxy) is 1. The van der Waals surface area contributed by atoms with Crippen molar-refractivity contribution in [2.45, 2.75) is 19.8 Å². The zero-order valence-corrected chi connectivity index (χ0v) is 13.6. The van der Waals surface area contributed by atoms with Crippen LogP contribution in [0.15, 0.2) is 17.5 Å². The number of aryl methyl sites for hydroxylation is 1. The van der Waals surface area contributed by atoms with Crippen molar-refractivity contribution in [3.05, 3.63) is 22.5 Å². The molecule has 1 aromatic carbocycles. The summed E-state index contributed by atoms with van der Waals surface area (Å²) < 4.78 is 8.67. The number of rotatable bonds is 3. The fourth-order valence-corrected chi connectivity index (χ4v) is 4.81. The number of benzene rings is 1. The Bertz CT molecular complexity index is 771. The fourth-order valence-electron chi connectivity index (χ4n) is 2.98. The molecule has 1 aliphatic heterocycles. The lowest BCUT2D eigenvalue weighted by molar-refractivity contribution is 0.220. The Kier molecular flexibility index (Phi) is 3.57. The number of hydrogen-bond acceptors (Lipinski definition) is 5. The van der Waals surface area contributed by atoms with Crippen LogP contribution in [0.25, 0.3) is 20.3 Å². The third-order valence-corrected chi connectivity index (χ3v) is 5.88. The van der Waals surface area contributed by atoms with Crippen molar-refractivity contribution in [1.82, 2.24) is 10.3 Å². The second-order valence-electron chi connectivity index (χ2n) is 5.64. The van der Waals surface area contributed by atoms with E-state index in [-0.39, 0.29) is 0 Å². The van der Waals surface area contributed by atoms with Crippen molar-refractivity contribution in [1.29, 1.82) is 0 Å². The quantitative estimate of drug-likeness (QED) is 0.786. The summed E-state index contributed by atoms with van der Waals surface area (Å²) in [6, 6.07) is 4.33. The second-order valence-corrected chi connectivity index (χ2v) is 7.79. The molecule has 0 amide bonds. The molecule has 0 radical (unpaired) electrons. The van der Waals surface area contributed by atoms with Crippen molar-refractivity contribution in [3.8, 4) is 5.75 Å². The van der Waals surface area contributed by atoms with Crippen LogP contribution >= 0.6 is 22.7 Å². The van der Waals surface area contributed by atoms with Crippen molar-refractivity contribution in [2.75, 3.05) is 19.7 Å². The number of thiophene rings is 1. The summed E-state index contributed by atoms with van der Waals surface area (Å²) in [4.78, 5) is 4.67. The van der Waals surface area contributed by atoms with Crippen LogP contribution in [0.5, 0.6) is 5.75 Å². The summed E-state index contributed by atoms with van der Waals surface area (Å²) >= 11 is 3.51. The Morgan fingerprint density at radius 3 is 3.29 bits per heavy atom. The smallest absolute Gasteiger partial charge is 0.129 e. The van der Waals surface area contributed by atoms with Gasteiger partial charge in [-0.05, 0) is 37.8 Å². The van der Waals surface area contributed by atoms with E-state index in [1.807, 2.05) is 0 Å². The van der Waals surface area contributed by atoms with Gasteiger partial charge in [0.2, 0.25) is 0 Å². The van der Waals surface area contributed by atoms with Crippen molar-refractivity contribution < 1.29 is 4.74 Å². The highest BCUT2D eigenvalue weighted by molar-refractivity contribution is 7.21. The molecule has 1 N–H and O–H groups in total. The molecule has 3 aromatic rings. The van der Waals surface area contributed by atoms with E-state index in [4.69, 9.17) is 4.74 Å². The monoisotopic (exact) mass is 318 g/mol. The van der Waals surface area contributed by atoms with Gasteiger partial charge in [0.25, 0.3) is 0 Å². The fraction of sp³-hybridized carbons (Fsp3) is 0.438. The summed E-state index contributed by atoms with van der Waals surface area (Å²) in [7, 11) is 0. The number of nitrogens with zero attached hydrogens (tertiary/aromatic N) is 1. The Hall–Kier alpha value is -1.17. The van der Waals surface area contributed by atoms with E-state index in [1.165, 1.54) is 27.6 Å². The zero-order chi connectivity index (χ0) is 14.2. The highest BCUT2D eigenvalue weighted by Crippen LogP contribution is 2.39. The first kappa shape index (κ1) is 13.5. The number of hydrogen-bond donors (Lipinski definition) is 1. The van der Waals surface area contributed by atoms with Gasteiger partial charge in [0.15, 0.2) is 0 Å². The number of aromatic nitrogens is 1. The maximum atomic E-state index is 6.18. The second kappa shape index (κ2) is 5.55. The highest BCUT2D eigenvalue weighted by atomic mass is 32.1. The first-order valence-corrected chi connectivity index (χ1v) is 9.12. The van der Waals surface area contributed by atoms with E-state index < -0.39 is 0 Å². The number of thiazole rings is 1. The lowest BCUT2D eigenvalue weighted by atomic mass is 10.0. The van der Waals surface area contributed by atoms with Gasteiger partial charge in [0.1, 0.15) is 5.75 Å². The molecular weight excluding hydrogens is 300 g/mol. The minimum atomic E-state index is 0.631. The number of nitrogens with one attached hydrogen (secondary N) is 1. The predicted octanol–water partition coefficient (Wildman–Crippen LogP) is 4.20. The van der Waals surface area contributed by atoms with E-state index in [0.29, 0.717) is 5.92 Å². The molecular formula is C16H18N2OS2. The van der Waals surface area contributed by atoms with Crippen molar-refractivity contribution in [3.63, 3.8) is 0 Å². The summed E-state index contributed by atoms with van der Waals surface area (Å²) in [6.07, 6.45) is 2.52. The lowest BCUT2D eigenvalue weighted by Gasteiger charge is -2.23. The van der Waals surface area contributed by atoms with E-state index in [1.54, 1.807) is 22.7 Å². The average molecular weight is 318 g/mol. The first-order chi connectivity index (χ1) is 10.3. The van der Waals surface area contributed by atoms with E-state index in [9.17, 15) is 0 Å². The van der Waals surface area contributed by atoms with Crippen LogP contribution in [-0.2, 0) is 0 Å². The molecule has 4 rings (SSSR count). The standard InChI is InChI=1S/C16H18N2OS2/c1-10-18-15-14(21-10)7-13(12-4-6-20-16(12)15)19-9-11-3-2-5-17-8-11/h4,6-7,11,17H,2-3,5,8-9H2,1H3. The number of fused-ring (bicyclic) bond motifs is 3. The van der Waals surface area contributed by atoms with E-state index in [0.717, 1.165) is 36.0 Å². The summed E-state index contributed by atoms with van der Waals surface area (Å²) in [5.41, 5.74) is 1.13. The Balaban J connectivity index is 1.67. The van der Waals surface area contributed by atoms with Gasteiger partial charge in [0, 0.05) is 23.9 Å². The van der Waals surface area contributed by atoms with Gasteiger partial charge in [-0.25, -0.2) is 4.98 Å². The Morgan fingerprint density at radius 1 is 1.48 bits per heavy atom. The summed E-state index contributed by atoms with van der Waals surface area (Å²) in [6.45, 7) is 5.10. The first-order valence-electron chi connectivity index (χ1n) is 7.42. The minimum Gasteiger partial charge on any atom is -0.493 e. The molecule has 5 heteroatoms. The van der Waals surface area contributed by atoms with Crippen LogP contribution in [0, 0.1) is 12.8 Å². The third kappa shape index (κ3) is 2.54. The van der Waals surface area contributed by atoms with E-state index >= 15 is 0 Å². The molecule has 0 spiro atoms. The Morgan fingerprint density at radius 2 is 2.43 bits per heavy atom. The van der Waals surface area contributed by atoms with Crippen molar-refractivity contribution >= 4 is 43.0 Å². The maximum absolute atomic E-state index is 6.18. The lowest BCUT2D eigenvalue weighted by Crippen LogP contribution is -2.33. The predicted molar refractivity (Wildman–Crippen MR) is 90.8 cm³/mol. The molecule has 0 saturated carbocycles. The minimum absolute atomic E-state index is 0.631. The molecule has 3 nitrogen and oxygen atoms in total. The molecule has 3 heterocycles. The van der Waals surface area contributed by atoms with Gasteiger partial charge in [-0.1, -0.05) is 0 Å². The van der Waals surface area contributed by atoms with Gasteiger partial charge in [-0.15, -0.1) is 22.7 Å². The van der Waals surface area contributed by atoms with Gasteiger partial charge < -0.3 is 10.1 Å². The van der Waals surface area contributed by atoms with Crippen LogP contribution in [0.4, 0.5) is 0 Å². The molecule has 21 heavy (non-hydrogen) atoms. The van der Waals surface area contributed by atoms with Crippen LogP contribution < -0.4 is 10.1 Å². The topological polar surface area (TPSA) is 34.1 Å². The molecule has 1 fully saturated rings. The molecule has 1 aliphatic rings. The average Bonchev–Trinajstić information content (AvgIpc) is 3.11. The van der Waals surface area contributed by atoms with Crippen LogP contribution in [0.2, 0.25) is 0 Å². The largest absolute Gasteiger partial charge is 0.493 e. The normalized spacial score (nSPS) is 19.4. The molecule has 0 aliphatic carbocycles. The van der Waals surface area contributed by atoms with E-state index in [2.05, 4.69) is 34.7 Å². The number of piperidine rings is 1.